The quantitative estimate of drug-likeness (QED) is 0.240. The number of amides is 2. The molecule has 0 saturated heterocycles. The molecule has 0 heterocycles. The second-order valence-electron chi connectivity index (χ2n) is 7.45. The molecule has 0 radical (unpaired) electrons. The number of rotatable bonds is 8. The fourth-order valence-electron chi connectivity index (χ4n) is 2.91. The zero-order valence-corrected chi connectivity index (χ0v) is 20.2. The number of nitro benzene ring substituents is 1. The van der Waals surface area contributed by atoms with E-state index in [2.05, 4.69) is 15.8 Å². The predicted molar refractivity (Wildman–Crippen MR) is 135 cm³/mol. The number of carbonyl (C=O) groups is 2. The molecule has 3 rings (SSSR count). The van der Waals surface area contributed by atoms with Crippen molar-refractivity contribution in [1.29, 1.82) is 0 Å². The lowest BCUT2D eigenvalue weighted by molar-refractivity contribution is -0.384. The minimum atomic E-state index is -0.558. The van der Waals surface area contributed by atoms with Crippen molar-refractivity contribution in [2.24, 2.45) is 5.10 Å². The minimum absolute atomic E-state index is 0.126. The Labute approximate surface area is 210 Å². The van der Waals surface area contributed by atoms with Gasteiger partial charge >= 0.3 is 0 Å². The molecule has 0 aliphatic carbocycles. The summed E-state index contributed by atoms with van der Waals surface area (Å²) in [5.41, 5.74) is 5.68. The molecule has 9 nitrogen and oxygen atoms in total. The first-order valence-electron chi connectivity index (χ1n) is 10.2. The number of ether oxygens (including phenoxy) is 1. The molecule has 11 heteroatoms. The van der Waals surface area contributed by atoms with E-state index in [-0.39, 0.29) is 39.6 Å². The van der Waals surface area contributed by atoms with E-state index in [0.717, 1.165) is 11.1 Å². The number of non-ortho nitro benzene ring substituents is 1. The van der Waals surface area contributed by atoms with Crippen molar-refractivity contribution in [1.82, 2.24) is 5.43 Å². The van der Waals surface area contributed by atoms with E-state index in [1.807, 2.05) is 26.0 Å². The van der Waals surface area contributed by atoms with Gasteiger partial charge in [0.15, 0.2) is 12.4 Å². The fourth-order valence-corrected chi connectivity index (χ4v) is 3.52. The molecule has 0 fully saturated rings. The average Bonchev–Trinajstić information content (AvgIpc) is 2.81. The summed E-state index contributed by atoms with van der Waals surface area (Å²) in [4.78, 5) is 34.5. The van der Waals surface area contributed by atoms with Gasteiger partial charge in [0.25, 0.3) is 17.5 Å². The molecule has 2 amide bonds. The van der Waals surface area contributed by atoms with Crippen LogP contribution in [-0.2, 0) is 4.79 Å². The number of carbonyl (C=O) groups excluding carboxylic acids is 2. The maximum absolute atomic E-state index is 12.2. The van der Waals surface area contributed by atoms with Crippen molar-refractivity contribution in [2.75, 3.05) is 11.9 Å². The van der Waals surface area contributed by atoms with Gasteiger partial charge in [0.2, 0.25) is 0 Å². The topological polar surface area (TPSA) is 123 Å². The van der Waals surface area contributed by atoms with Crippen LogP contribution >= 0.6 is 23.2 Å². The molecule has 0 aromatic heterocycles. The zero-order valence-electron chi connectivity index (χ0n) is 18.7. The number of benzene rings is 3. The van der Waals surface area contributed by atoms with Crippen LogP contribution in [-0.4, -0.2) is 29.6 Å². The van der Waals surface area contributed by atoms with Crippen LogP contribution in [0.25, 0.3) is 0 Å². The first-order valence-corrected chi connectivity index (χ1v) is 11.0. The van der Waals surface area contributed by atoms with Gasteiger partial charge in [0.1, 0.15) is 0 Å². The number of nitro groups is 1. The van der Waals surface area contributed by atoms with Gasteiger partial charge in [-0.2, -0.15) is 5.10 Å². The minimum Gasteiger partial charge on any atom is -0.481 e. The number of aryl methyl sites for hydroxylation is 2. The van der Waals surface area contributed by atoms with E-state index >= 15 is 0 Å². The van der Waals surface area contributed by atoms with E-state index in [1.54, 1.807) is 6.07 Å². The number of nitrogens with one attached hydrogen (secondary N) is 2. The van der Waals surface area contributed by atoms with Gasteiger partial charge in [-0.15, -0.1) is 0 Å². The Bertz CT molecular complexity index is 1290. The third kappa shape index (κ3) is 7.02. The van der Waals surface area contributed by atoms with Crippen molar-refractivity contribution < 1.29 is 19.2 Å². The molecule has 180 valence electrons. The summed E-state index contributed by atoms with van der Waals surface area (Å²) in [5.74, 6) is -0.793. The number of hydrazone groups is 1. The Morgan fingerprint density at radius 3 is 2.29 bits per heavy atom. The van der Waals surface area contributed by atoms with Crippen molar-refractivity contribution in [3.63, 3.8) is 0 Å². The Hall–Kier alpha value is -3.95. The monoisotopic (exact) mass is 514 g/mol. The molecule has 0 aliphatic heterocycles. The summed E-state index contributed by atoms with van der Waals surface area (Å²) < 4.78 is 5.50. The molecule has 3 aromatic rings. The highest BCUT2D eigenvalue weighted by atomic mass is 35.5. The van der Waals surface area contributed by atoms with E-state index in [4.69, 9.17) is 27.9 Å². The highest BCUT2D eigenvalue weighted by Gasteiger charge is 2.13. The van der Waals surface area contributed by atoms with Crippen LogP contribution in [0.3, 0.4) is 0 Å². The molecule has 3 aromatic carbocycles. The second-order valence-corrected chi connectivity index (χ2v) is 8.27. The summed E-state index contributed by atoms with van der Waals surface area (Å²) >= 11 is 12.5. The molecule has 0 atom stereocenters. The number of hydrogen-bond acceptors (Lipinski definition) is 6. The summed E-state index contributed by atoms with van der Waals surface area (Å²) in [6, 6.07) is 13.7. The maximum atomic E-state index is 12.2. The summed E-state index contributed by atoms with van der Waals surface area (Å²) in [6.45, 7) is 3.63. The highest BCUT2D eigenvalue weighted by Crippen LogP contribution is 2.34. The van der Waals surface area contributed by atoms with Crippen LogP contribution in [0.5, 0.6) is 5.75 Å². The van der Waals surface area contributed by atoms with E-state index in [0.29, 0.717) is 11.3 Å². The molecule has 0 unspecified atom stereocenters. The van der Waals surface area contributed by atoms with E-state index < -0.39 is 10.8 Å². The molecular formula is C24H20Cl2N4O5. The van der Waals surface area contributed by atoms with Gasteiger partial charge in [0, 0.05) is 23.4 Å². The van der Waals surface area contributed by atoms with Gasteiger partial charge < -0.3 is 10.1 Å². The summed E-state index contributed by atoms with van der Waals surface area (Å²) in [7, 11) is 0. The van der Waals surface area contributed by atoms with Gasteiger partial charge in [-0.1, -0.05) is 29.3 Å². The number of halogens is 2. The van der Waals surface area contributed by atoms with Crippen LogP contribution in [0.1, 0.15) is 27.0 Å². The van der Waals surface area contributed by atoms with E-state index in [1.165, 1.54) is 42.6 Å². The lowest BCUT2D eigenvalue weighted by atomic mass is 10.1. The molecule has 35 heavy (non-hydrogen) atoms. The van der Waals surface area contributed by atoms with Crippen LogP contribution < -0.4 is 15.5 Å². The largest absolute Gasteiger partial charge is 0.481 e. The molecule has 2 N–H and O–H groups in total. The Kier molecular flexibility index (Phi) is 8.40. The number of hydrogen-bond donors (Lipinski definition) is 2. The van der Waals surface area contributed by atoms with Gasteiger partial charge in [-0.25, -0.2) is 5.43 Å². The van der Waals surface area contributed by atoms with Crippen molar-refractivity contribution in [2.45, 2.75) is 13.8 Å². The first kappa shape index (κ1) is 25.7. The van der Waals surface area contributed by atoms with Gasteiger partial charge in [0.05, 0.1) is 21.2 Å². The number of nitrogens with zero attached hydrogens (tertiary/aromatic N) is 2. The average molecular weight is 515 g/mol. The van der Waals surface area contributed by atoms with Crippen LogP contribution in [0, 0.1) is 24.0 Å². The number of anilines is 1. The van der Waals surface area contributed by atoms with Crippen LogP contribution in [0.4, 0.5) is 11.4 Å². The smallest absolute Gasteiger partial charge is 0.271 e. The Morgan fingerprint density at radius 1 is 1.03 bits per heavy atom. The molecular weight excluding hydrogens is 495 g/mol. The molecule has 0 saturated carbocycles. The third-order valence-corrected chi connectivity index (χ3v) is 5.44. The third-order valence-electron chi connectivity index (χ3n) is 4.88. The Morgan fingerprint density at radius 2 is 1.69 bits per heavy atom. The lowest BCUT2D eigenvalue weighted by Crippen LogP contribution is -2.20. The molecule has 0 bridgehead atoms. The van der Waals surface area contributed by atoms with Crippen molar-refractivity contribution >= 4 is 52.6 Å². The Balaban J connectivity index is 1.57. The first-order chi connectivity index (χ1) is 16.6. The molecule has 0 spiro atoms. The highest BCUT2D eigenvalue weighted by molar-refractivity contribution is 6.37. The van der Waals surface area contributed by atoms with Crippen molar-refractivity contribution in [3.05, 3.63) is 97.0 Å². The zero-order chi connectivity index (χ0) is 25.5. The lowest BCUT2D eigenvalue weighted by Gasteiger charge is -2.12. The SMILES string of the molecule is Cc1ccc(NC(=O)COc2c(Cl)cc(/C=N/NC(=O)c3ccc([N+](=O)[O-])cc3)cc2Cl)cc1C. The fraction of sp³-hybridized carbons (Fsp3) is 0.125. The maximum Gasteiger partial charge on any atom is 0.271 e. The summed E-state index contributed by atoms with van der Waals surface area (Å²) in [5, 5.41) is 17.6. The summed E-state index contributed by atoms with van der Waals surface area (Å²) in [6.07, 6.45) is 1.32. The normalized spacial score (nSPS) is 10.7. The van der Waals surface area contributed by atoms with Gasteiger partial charge in [-0.05, 0) is 66.9 Å². The van der Waals surface area contributed by atoms with Gasteiger partial charge in [-0.3, -0.25) is 19.7 Å². The second kappa shape index (κ2) is 11.5. The predicted octanol–water partition coefficient (Wildman–Crippen LogP) is 5.30. The molecule has 0 aliphatic rings. The standard InChI is InChI=1S/C24H20Cl2N4O5/c1-14-3-6-18(9-15(14)2)28-22(31)13-35-23-20(25)10-16(11-21(23)26)12-27-29-24(32)17-4-7-19(8-5-17)30(33)34/h3-12H,13H2,1-2H3,(H,28,31)(H,29,32)/b27-12+. The van der Waals surface area contributed by atoms with Crippen LogP contribution in [0.15, 0.2) is 59.7 Å². The van der Waals surface area contributed by atoms with Crippen molar-refractivity contribution in [3.8, 4) is 5.75 Å². The van der Waals surface area contributed by atoms with Crippen LogP contribution in [0.2, 0.25) is 10.0 Å². The van der Waals surface area contributed by atoms with E-state index in [9.17, 15) is 19.7 Å².